The molecule has 0 atom stereocenters. The molecule has 2 aromatic rings. The van der Waals surface area contributed by atoms with E-state index in [2.05, 4.69) is 40.8 Å². The minimum absolute atomic E-state index is 0.665. The average molecular weight is 219 g/mol. The van der Waals surface area contributed by atoms with Crippen LogP contribution in [0.25, 0.3) is 10.9 Å². The van der Waals surface area contributed by atoms with Crippen molar-refractivity contribution in [1.82, 2.24) is 14.5 Å². The molecule has 0 saturated carbocycles. The van der Waals surface area contributed by atoms with Crippen LogP contribution in [0, 0.1) is 0 Å². The van der Waals surface area contributed by atoms with Crippen LogP contribution in [0.5, 0.6) is 5.88 Å². The largest absolute Gasteiger partial charge is 0.481 e. The van der Waals surface area contributed by atoms with Crippen LogP contribution in [0.3, 0.4) is 0 Å². The Morgan fingerprint density at radius 3 is 2.94 bits per heavy atom. The van der Waals surface area contributed by atoms with Crippen molar-refractivity contribution in [1.29, 1.82) is 0 Å². The van der Waals surface area contributed by atoms with Gasteiger partial charge in [0.2, 0.25) is 5.88 Å². The second kappa shape index (κ2) is 4.53. The molecule has 2 rings (SSSR count). The van der Waals surface area contributed by atoms with Crippen LogP contribution in [0.15, 0.2) is 24.5 Å². The molecule has 2 heterocycles. The molecule has 0 unspecified atom stereocenters. The fourth-order valence-corrected chi connectivity index (χ4v) is 1.68. The van der Waals surface area contributed by atoms with Gasteiger partial charge in [-0.15, -0.1) is 0 Å². The lowest BCUT2D eigenvalue weighted by Crippen LogP contribution is -2.17. The Balaban J connectivity index is 2.27. The summed E-state index contributed by atoms with van der Waals surface area (Å²) in [6.07, 6.45) is 3.96. The Morgan fingerprint density at radius 2 is 2.25 bits per heavy atom. The van der Waals surface area contributed by atoms with Crippen molar-refractivity contribution in [2.24, 2.45) is 0 Å². The standard InChI is InChI=1S/C12H17N3O/c1-14(2)6-7-15-5-4-10-8-12(16-3)13-9-11(10)15/h4-5,8-9H,6-7H2,1-3H3. The summed E-state index contributed by atoms with van der Waals surface area (Å²) >= 11 is 0. The van der Waals surface area contributed by atoms with Crippen molar-refractivity contribution in [2.45, 2.75) is 6.54 Å². The predicted octanol–water partition coefficient (Wildman–Crippen LogP) is 1.61. The number of nitrogens with zero attached hydrogens (tertiary/aromatic N) is 3. The highest BCUT2D eigenvalue weighted by Crippen LogP contribution is 2.18. The van der Waals surface area contributed by atoms with Gasteiger partial charge in [-0.1, -0.05) is 0 Å². The second-order valence-electron chi connectivity index (χ2n) is 4.10. The Kier molecular flexibility index (Phi) is 3.10. The van der Waals surface area contributed by atoms with Gasteiger partial charge in [-0.3, -0.25) is 0 Å². The first-order valence-corrected chi connectivity index (χ1v) is 5.34. The van der Waals surface area contributed by atoms with Crippen LogP contribution in [0.2, 0.25) is 0 Å². The monoisotopic (exact) mass is 219 g/mol. The third-order valence-corrected chi connectivity index (χ3v) is 2.63. The van der Waals surface area contributed by atoms with Gasteiger partial charge < -0.3 is 14.2 Å². The number of aromatic nitrogens is 2. The van der Waals surface area contributed by atoms with E-state index in [-0.39, 0.29) is 0 Å². The van der Waals surface area contributed by atoms with Gasteiger partial charge in [0.25, 0.3) is 0 Å². The van der Waals surface area contributed by atoms with Crippen LogP contribution < -0.4 is 4.74 Å². The van der Waals surface area contributed by atoms with Crippen LogP contribution in [-0.4, -0.2) is 42.2 Å². The maximum Gasteiger partial charge on any atom is 0.213 e. The summed E-state index contributed by atoms with van der Waals surface area (Å²) < 4.78 is 7.31. The zero-order valence-corrected chi connectivity index (χ0v) is 9.97. The predicted molar refractivity (Wildman–Crippen MR) is 64.8 cm³/mol. The zero-order valence-electron chi connectivity index (χ0n) is 9.97. The third kappa shape index (κ3) is 2.17. The minimum Gasteiger partial charge on any atom is -0.481 e. The molecular formula is C12H17N3O. The Bertz CT molecular complexity index is 476. The molecule has 0 aromatic carbocycles. The Labute approximate surface area is 95.4 Å². The summed E-state index contributed by atoms with van der Waals surface area (Å²) in [6.45, 7) is 2.00. The summed E-state index contributed by atoms with van der Waals surface area (Å²) in [5.41, 5.74) is 1.16. The molecule has 0 radical (unpaired) electrons. The molecule has 0 aliphatic heterocycles. The number of hydrogen-bond acceptors (Lipinski definition) is 3. The van der Waals surface area contributed by atoms with E-state index >= 15 is 0 Å². The maximum absolute atomic E-state index is 5.10. The lowest BCUT2D eigenvalue weighted by Gasteiger charge is -2.11. The van der Waals surface area contributed by atoms with Crippen LogP contribution in [0.1, 0.15) is 0 Å². The van der Waals surface area contributed by atoms with Crippen molar-refractivity contribution in [3.05, 3.63) is 24.5 Å². The second-order valence-corrected chi connectivity index (χ2v) is 4.10. The number of likely N-dealkylation sites (N-methyl/N-ethyl adjacent to an activating group) is 1. The van der Waals surface area contributed by atoms with Crippen LogP contribution in [0.4, 0.5) is 0 Å². The highest BCUT2D eigenvalue weighted by atomic mass is 16.5. The summed E-state index contributed by atoms with van der Waals surface area (Å²) in [5, 5.41) is 1.17. The fourth-order valence-electron chi connectivity index (χ4n) is 1.68. The van der Waals surface area contributed by atoms with Gasteiger partial charge in [0.1, 0.15) is 0 Å². The third-order valence-electron chi connectivity index (χ3n) is 2.63. The molecule has 2 aromatic heterocycles. The first kappa shape index (κ1) is 11.0. The van der Waals surface area contributed by atoms with E-state index < -0.39 is 0 Å². The molecule has 4 nitrogen and oxygen atoms in total. The molecule has 0 aliphatic carbocycles. The van der Waals surface area contributed by atoms with Gasteiger partial charge >= 0.3 is 0 Å². The molecule has 0 bridgehead atoms. The number of hydrogen-bond donors (Lipinski definition) is 0. The molecular weight excluding hydrogens is 202 g/mol. The molecule has 0 aliphatic rings. The number of methoxy groups -OCH3 is 1. The zero-order chi connectivity index (χ0) is 11.5. The molecule has 4 heteroatoms. The topological polar surface area (TPSA) is 30.3 Å². The van der Waals surface area contributed by atoms with Crippen LogP contribution >= 0.6 is 0 Å². The van der Waals surface area contributed by atoms with Crippen molar-refractivity contribution in [2.75, 3.05) is 27.7 Å². The normalized spacial score (nSPS) is 11.2. The Hall–Kier alpha value is -1.55. The SMILES string of the molecule is COc1cc2ccn(CCN(C)C)c2cn1. The number of ether oxygens (including phenoxy) is 1. The van der Waals surface area contributed by atoms with E-state index in [1.54, 1.807) is 7.11 Å². The van der Waals surface area contributed by atoms with E-state index in [1.165, 1.54) is 5.39 Å². The number of pyridine rings is 1. The highest BCUT2D eigenvalue weighted by molar-refractivity contribution is 5.80. The molecule has 16 heavy (non-hydrogen) atoms. The van der Waals surface area contributed by atoms with E-state index in [4.69, 9.17) is 4.74 Å². The van der Waals surface area contributed by atoms with Crippen molar-refractivity contribution in [3.8, 4) is 5.88 Å². The van der Waals surface area contributed by atoms with Gasteiger partial charge in [-0.05, 0) is 20.2 Å². The van der Waals surface area contributed by atoms with Gasteiger partial charge in [0, 0.05) is 30.7 Å². The molecule has 0 N–H and O–H groups in total. The summed E-state index contributed by atoms with van der Waals surface area (Å²) in [7, 11) is 5.79. The molecule has 0 saturated heterocycles. The quantitative estimate of drug-likeness (QED) is 0.782. The first-order valence-electron chi connectivity index (χ1n) is 5.34. The summed E-state index contributed by atoms with van der Waals surface area (Å²) in [6, 6.07) is 4.05. The average Bonchev–Trinajstić information content (AvgIpc) is 2.68. The van der Waals surface area contributed by atoms with E-state index in [0.717, 1.165) is 18.6 Å². The van der Waals surface area contributed by atoms with Gasteiger partial charge in [-0.2, -0.15) is 0 Å². The summed E-state index contributed by atoms with van der Waals surface area (Å²) in [4.78, 5) is 6.40. The molecule has 0 amide bonds. The fraction of sp³-hybridized carbons (Fsp3) is 0.417. The van der Waals surface area contributed by atoms with Crippen molar-refractivity contribution < 1.29 is 4.74 Å². The first-order chi connectivity index (χ1) is 7.70. The minimum atomic E-state index is 0.665. The van der Waals surface area contributed by atoms with E-state index in [9.17, 15) is 0 Å². The van der Waals surface area contributed by atoms with Gasteiger partial charge in [0.05, 0.1) is 18.8 Å². The lowest BCUT2D eigenvalue weighted by molar-refractivity contribution is 0.386. The van der Waals surface area contributed by atoms with Crippen molar-refractivity contribution >= 4 is 10.9 Å². The van der Waals surface area contributed by atoms with E-state index in [0.29, 0.717) is 5.88 Å². The van der Waals surface area contributed by atoms with E-state index in [1.807, 2.05) is 12.3 Å². The molecule has 0 fully saturated rings. The van der Waals surface area contributed by atoms with Gasteiger partial charge in [-0.25, -0.2) is 4.98 Å². The number of fused-ring (bicyclic) bond motifs is 1. The van der Waals surface area contributed by atoms with Gasteiger partial charge in [0.15, 0.2) is 0 Å². The van der Waals surface area contributed by atoms with Crippen molar-refractivity contribution in [3.63, 3.8) is 0 Å². The van der Waals surface area contributed by atoms with Crippen LogP contribution in [-0.2, 0) is 6.54 Å². The molecule has 0 spiro atoms. The summed E-state index contributed by atoms with van der Waals surface area (Å²) in [5.74, 6) is 0.665. The maximum atomic E-state index is 5.10. The Morgan fingerprint density at radius 1 is 1.44 bits per heavy atom. The molecule has 86 valence electrons. The lowest BCUT2D eigenvalue weighted by atomic mass is 10.3. The highest BCUT2D eigenvalue weighted by Gasteiger charge is 2.03. The number of rotatable bonds is 4. The smallest absolute Gasteiger partial charge is 0.213 e.